The normalized spacial score (nSPS) is 10.8. The van der Waals surface area contributed by atoms with Crippen molar-refractivity contribution >= 4 is 11.6 Å². The molecule has 1 aromatic carbocycles. The number of carbonyl (C=O) groups excluding carboxylic acids is 1. The molecule has 0 radical (unpaired) electrons. The molecule has 3 rings (SSSR count). The Morgan fingerprint density at radius 2 is 2.00 bits per heavy atom. The molecule has 2 heterocycles. The zero-order valence-corrected chi connectivity index (χ0v) is 13.5. The predicted molar refractivity (Wildman–Crippen MR) is 89.0 cm³/mol. The van der Waals surface area contributed by atoms with Gasteiger partial charge in [-0.3, -0.25) is 19.0 Å². The largest absolute Gasteiger partial charge is 0.320 e. The molecule has 2 aromatic heterocycles. The molecule has 0 atom stereocenters. The number of rotatable bonds is 5. The summed E-state index contributed by atoms with van der Waals surface area (Å²) in [5.74, 6) is -0.239. The van der Waals surface area contributed by atoms with Crippen molar-refractivity contribution in [3.05, 3.63) is 59.0 Å². The summed E-state index contributed by atoms with van der Waals surface area (Å²) in [5.41, 5.74) is 1.48. The van der Waals surface area contributed by atoms with Gasteiger partial charge in [0.2, 0.25) is 5.91 Å². The molecular weight excluding hydrogens is 308 g/mol. The van der Waals surface area contributed by atoms with Gasteiger partial charge in [-0.2, -0.15) is 5.10 Å². The number of nitrogens with zero attached hydrogens (tertiary/aromatic N) is 5. The van der Waals surface area contributed by atoms with Crippen molar-refractivity contribution in [3.63, 3.8) is 0 Å². The van der Waals surface area contributed by atoms with Crippen LogP contribution in [0.15, 0.2) is 47.8 Å². The number of para-hydroxylation sites is 1. The smallest absolute Gasteiger partial charge is 0.295 e. The van der Waals surface area contributed by atoms with Crippen molar-refractivity contribution in [2.75, 3.05) is 5.32 Å². The minimum absolute atomic E-state index is 0.211. The van der Waals surface area contributed by atoms with Crippen molar-refractivity contribution in [2.24, 2.45) is 7.05 Å². The maximum Gasteiger partial charge on any atom is 0.295 e. The van der Waals surface area contributed by atoms with Gasteiger partial charge >= 0.3 is 0 Å². The molecule has 3 aromatic rings. The molecule has 1 N–H and O–H groups in total. The first-order valence-corrected chi connectivity index (χ1v) is 7.54. The van der Waals surface area contributed by atoms with Crippen molar-refractivity contribution in [1.29, 1.82) is 0 Å². The Hall–Kier alpha value is -3.16. The van der Waals surface area contributed by atoms with Gasteiger partial charge < -0.3 is 5.32 Å². The van der Waals surface area contributed by atoms with Crippen molar-refractivity contribution in [1.82, 2.24) is 24.1 Å². The Balaban J connectivity index is 1.81. The van der Waals surface area contributed by atoms with Gasteiger partial charge in [0, 0.05) is 13.5 Å². The molecule has 0 spiro atoms. The topological polar surface area (TPSA) is 86.7 Å². The van der Waals surface area contributed by atoms with E-state index < -0.39 is 0 Å². The summed E-state index contributed by atoms with van der Waals surface area (Å²) in [6, 6.07) is 9.30. The molecular formula is C16H18N6O2. The van der Waals surface area contributed by atoms with E-state index in [2.05, 4.69) is 15.4 Å². The lowest BCUT2D eigenvalue weighted by molar-refractivity contribution is -0.116. The molecule has 0 saturated heterocycles. The lowest BCUT2D eigenvalue weighted by atomic mass is 10.3. The molecule has 8 nitrogen and oxygen atoms in total. The molecule has 8 heteroatoms. The number of anilines is 1. The highest BCUT2D eigenvalue weighted by Crippen LogP contribution is 2.14. The van der Waals surface area contributed by atoms with Crippen LogP contribution in [0.4, 0.5) is 5.69 Å². The van der Waals surface area contributed by atoms with Crippen molar-refractivity contribution < 1.29 is 4.79 Å². The van der Waals surface area contributed by atoms with Crippen molar-refractivity contribution in [3.8, 4) is 5.69 Å². The molecule has 0 aliphatic rings. The van der Waals surface area contributed by atoms with Crippen LogP contribution in [0.25, 0.3) is 5.69 Å². The number of carbonyl (C=O) groups is 1. The Labute approximate surface area is 138 Å². The van der Waals surface area contributed by atoms with Gasteiger partial charge in [-0.25, -0.2) is 9.67 Å². The van der Waals surface area contributed by atoms with Gasteiger partial charge in [0.1, 0.15) is 18.3 Å². The highest BCUT2D eigenvalue weighted by Gasteiger charge is 2.17. The average molecular weight is 326 g/mol. The van der Waals surface area contributed by atoms with E-state index in [4.69, 9.17) is 0 Å². The number of benzene rings is 1. The number of amides is 1. The van der Waals surface area contributed by atoms with Crippen molar-refractivity contribution in [2.45, 2.75) is 19.9 Å². The molecule has 0 aliphatic heterocycles. The minimum atomic E-state index is -0.254. The summed E-state index contributed by atoms with van der Waals surface area (Å²) in [7, 11) is 1.79. The Kier molecular flexibility index (Phi) is 4.28. The maximum absolute atomic E-state index is 12.7. The molecule has 24 heavy (non-hydrogen) atoms. The Morgan fingerprint density at radius 1 is 1.25 bits per heavy atom. The maximum atomic E-state index is 12.7. The van der Waals surface area contributed by atoms with Gasteiger partial charge in [-0.05, 0) is 19.1 Å². The SMILES string of the molecule is Cc1c(NC(=O)CCn2cncn2)c(=O)n(-c2ccccc2)n1C. The van der Waals surface area contributed by atoms with Crippen LogP contribution < -0.4 is 10.9 Å². The fourth-order valence-electron chi connectivity index (χ4n) is 2.48. The fraction of sp³-hybridized carbons (Fsp3) is 0.250. The first-order chi connectivity index (χ1) is 11.6. The first kappa shape index (κ1) is 15.7. The van der Waals surface area contributed by atoms with Gasteiger partial charge in [0.15, 0.2) is 0 Å². The second-order valence-electron chi connectivity index (χ2n) is 5.39. The van der Waals surface area contributed by atoms with Crippen LogP contribution in [0.1, 0.15) is 12.1 Å². The monoisotopic (exact) mass is 326 g/mol. The molecule has 0 saturated carbocycles. The number of hydrogen-bond donors (Lipinski definition) is 1. The fourth-order valence-corrected chi connectivity index (χ4v) is 2.48. The summed E-state index contributed by atoms with van der Waals surface area (Å²) in [4.78, 5) is 28.6. The van der Waals surface area contributed by atoms with E-state index in [0.717, 1.165) is 5.69 Å². The van der Waals surface area contributed by atoms with E-state index in [9.17, 15) is 9.59 Å². The van der Waals surface area contributed by atoms with E-state index in [0.29, 0.717) is 17.9 Å². The zero-order valence-electron chi connectivity index (χ0n) is 13.5. The van der Waals surface area contributed by atoms with Crippen LogP contribution in [0.3, 0.4) is 0 Å². The van der Waals surface area contributed by atoms with E-state index in [1.165, 1.54) is 11.0 Å². The minimum Gasteiger partial charge on any atom is -0.320 e. The van der Waals surface area contributed by atoms with Crippen LogP contribution in [0.5, 0.6) is 0 Å². The third-order valence-electron chi connectivity index (χ3n) is 3.85. The molecule has 0 aliphatic carbocycles. The molecule has 0 unspecified atom stereocenters. The van der Waals surface area contributed by atoms with Crippen LogP contribution in [-0.2, 0) is 18.4 Å². The van der Waals surface area contributed by atoms with Gasteiger partial charge in [-0.1, -0.05) is 18.2 Å². The van der Waals surface area contributed by atoms with Gasteiger partial charge in [0.05, 0.1) is 17.9 Å². The summed E-state index contributed by atoms with van der Waals surface area (Å²) in [6.45, 7) is 2.21. The summed E-state index contributed by atoms with van der Waals surface area (Å²) in [6.07, 6.45) is 3.17. The van der Waals surface area contributed by atoms with E-state index in [1.54, 1.807) is 29.7 Å². The van der Waals surface area contributed by atoms with Crippen LogP contribution in [-0.4, -0.2) is 30.0 Å². The lowest BCUT2D eigenvalue weighted by Gasteiger charge is -2.07. The van der Waals surface area contributed by atoms with E-state index in [1.807, 2.05) is 30.3 Å². The standard InChI is InChI=1S/C16H18N6O2/c1-12-15(19-14(23)8-9-21-11-17-10-18-21)16(24)22(20(12)2)13-6-4-3-5-7-13/h3-7,10-11H,8-9H2,1-2H3,(H,19,23). The number of nitrogens with one attached hydrogen (secondary N) is 1. The van der Waals surface area contributed by atoms with Gasteiger partial charge in [0.25, 0.3) is 5.56 Å². The van der Waals surface area contributed by atoms with Crippen LogP contribution >= 0.6 is 0 Å². The second-order valence-corrected chi connectivity index (χ2v) is 5.39. The highest BCUT2D eigenvalue weighted by atomic mass is 16.2. The first-order valence-electron chi connectivity index (χ1n) is 7.54. The van der Waals surface area contributed by atoms with Crippen LogP contribution in [0.2, 0.25) is 0 Å². The third kappa shape index (κ3) is 2.98. The van der Waals surface area contributed by atoms with Crippen LogP contribution in [0, 0.1) is 6.92 Å². The van der Waals surface area contributed by atoms with E-state index >= 15 is 0 Å². The Morgan fingerprint density at radius 3 is 2.67 bits per heavy atom. The van der Waals surface area contributed by atoms with E-state index in [-0.39, 0.29) is 17.9 Å². The molecule has 124 valence electrons. The molecule has 0 fully saturated rings. The number of aromatic nitrogens is 5. The second kappa shape index (κ2) is 6.53. The van der Waals surface area contributed by atoms with Gasteiger partial charge in [-0.15, -0.1) is 0 Å². The predicted octanol–water partition coefficient (Wildman–Crippen LogP) is 1.10. The lowest BCUT2D eigenvalue weighted by Crippen LogP contribution is -2.23. The molecule has 0 bridgehead atoms. The number of aryl methyl sites for hydroxylation is 1. The highest BCUT2D eigenvalue weighted by molar-refractivity contribution is 5.91. The Bertz CT molecular complexity index is 893. The summed E-state index contributed by atoms with van der Waals surface area (Å²) in [5, 5.41) is 6.66. The summed E-state index contributed by atoms with van der Waals surface area (Å²) >= 11 is 0. The quantitative estimate of drug-likeness (QED) is 0.761. The number of hydrogen-bond acceptors (Lipinski definition) is 4. The average Bonchev–Trinajstić information content (AvgIpc) is 3.17. The summed E-state index contributed by atoms with van der Waals surface area (Å²) < 4.78 is 4.83. The zero-order chi connectivity index (χ0) is 17.1. The molecule has 1 amide bonds. The third-order valence-corrected chi connectivity index (χ3v) is 3.85.